The highest BCUT2D eigenvalue weighted by Gasteiger charge is 2.21. The zero-order chi connectivity index (χ0) is 74.0. The minimum Gasteiger partial charge on any atom is -0.309 e. The van der Waals surface area contributed by atoms with E-state index >= 15 is 0 Å². The van der Waals surface area contributed by atoms with Gasteiger partial charge in [0, 0.05) is 65.8 Å². The van der Waals surface area contributed by atoms with Gasteiger partial charge in [-0.2, -0.15) is 0 Å². The summed E-state index contributed by atoms with van der Waals surface area (Å²) in [7, 11) is 0. The molecule has 0 bridgehead atoms. The van der Waals surface area contributed by atoms with Crippen LogP contribution in [-0.2, 0) is 0 Å². The number of fused-ring (bicyclic) bond motifs is 12. The second-order valence-electron chi connectivity index (χ2n) is 29.2. The molecule has 4 heterocycles. The Hall–Kier alpha value is -14.8. The third kappa shape index (κ3) is 11.6. The summed E-state index contributed by atoms with van der Waals surface area (Å²) in [5.41, 5.74) is 33.5. The van der Waals surface area contributed by atoms with Crippen LogP contribution in [-0.4, -0.2) is 18.3 Å². The largest absolute Gasteiger partial charge is 0.309 e. The van der Waals surface area contributed by atoms with Gasteiger partial charge in [0.05, 0.1) is 44.1 Å². The quantitative estimate of drug-likeness (QED) is 0.116. The van der Waals surface area contributed by atoms with Crippen molar-refractivity contribution < 1.29 is 0 Å². The maximum Gasteiger partial charge on any atom is 0.0547 e. The molecule has 0 amide bonds. The predicted octanol–water partition coefficient (Wildman–Crippen LogP) is 29.1. The van der Waals surface area contributed by atoms with Crippen LogP contribution in [0.5, 0.6) is 0 Å². The van der Waals surface area contributed by atoms with Crippen LogP contribution in [0.1, 0.15) is 0 Å². The summed E-state index contributed by atoms with van der Waals surface area (Å²) in [6, 6.07) is 159. The van der Waals surface area contributed by atoms with Crippen molar-refractivity contribution in [2.75, 3.05) is 0 Å². The summed E-state index contributed by atoms with van der Waals surface area (Å²) in [6.07, 6.45) is 0. The number of benzene rings is 18. The van der Waals surface area contributed by atoms with Gasteiger partial charge < -0.3 is 18.3 Å². The van der Waals surface area contributed by atoms with Crippen LogP contribution in [0.2, 0.25) is 0 Å². The molecule has 0 fully saturated rings. The minimum absolute atomic E-state index is 1.14. The Bertz CT molecular complexity index is 7200. The first-order valence-electron chi connectivity index (χ1n) is 38.5. The standard InChI is InChI=1S/2C54H36N2/c1-4-15-37(16-5-1)42-31-43(38-17-6-2-7-18-38)33-44(32-42)39-19-14-22-46(34-39)56-51-25-12-10-23-47(51)49-29-27-41(36-54(49)56)40-28-30-53-50(35-40)48-24-11-13-26-52(48)55(53)45-20-8-3-9-21-45;1-4-14-37(15-5-1)42-32-43(38-16-6-2-7-17-38)34-44(33-42)39-24-28-46(29-25-39)56-51-22-12-10-20-47(51)49-30-26-41(36-54(49)56)40-27-31-53-50(35-40)48-21-11-13-23-52(48)55(53)45-18-8-3-9-19-45/h2*1-36H. The lowest BCUT2D eigenvalue weighted by Crippen LogP contribution is -1.95. The van der Waals surface area contributed by atoms with Crippen molar-refractivity contribution in [3.05, 3.63) is 437 Å². The van der Waals surface area contributed by atoms with Crippen molar-refractivity contribution in [2.24, 2.45) is 0 Å². The Morgan fingerprint density at radius 1 is 0.0982 bits per heavy atom. The molecule has 4 heteroatoms. The first kappa shape index (κ1) is 65.5. The van der Waals surface area contributed by atoms with Crippen LogP contribution < -0.4 is 0 Å². The van der Waals surface area contributed by atoms with Gasteiger partial charge in [-0.05, 0) is 235 Å². The molecule has 22 aromatic rings. The van der Waals surface area contributed by atoms with Crippen molar-refractivity contribution in [3.8, 4) is 112 Å². The van der Waals surface area contributed by atoms with Gasteiger partial charge >= 0.3 is 0 Å². The van der Waals surface area contributed by atoms with Crippen LogP contribution in [0.15, 0.2) is 437 Å². The lowest BCUT2D eigenvalue weighted by Gasteiger charge is -2.14. The molecule has 0 saturated heterocycles. The van der Waals surface area contributed by atoms with E-state index in [1.165, 1.54) is 188 Å². The molecule has 0 aliphatic rings. The normalized spacial score (nSPS) is 11.6. The minimum atomic E-state index is 1.14. The second kappa shape index (κ2) is 27.7. The zero-order valence-corrected chi connectivity index (χ0v) is 61.4. The van der Waals surface area contributed by atoms with E-state index in [4.69, 9.17) is 0 Å². The van der Waals surface area contributed by atoms with Crippen LogP contribution in [0.25, 0.3) is 199 Å². The summed E-state index contributed by atoms with van der Waals surface area (Å²) < 4.78 is 9.62. The van der Waals surface area contributed by atoms with E-state index in [-0.39, 0.29) is 0 Å². The number of nitrogens with zero attached hydrogens (tertiary/aromatic N) is 4. The molecule has 0 saturated carbocycles. The molecule has 22 rings (SSSR count). The van der Waals surface area contributed by atoms with E-state index in [2.05, 4.69) is 455 Å². The van der Waals surface area contributed by atoms with Gasteiger partial charge in [0.25, 0.3) is 0 Å². The van der Waals surface area contributed by atoms with Gasteiger partial charge in [-0.3, -0.25) is 0 Å². The molecule has 18 aromatic carbocycles. The number of aromatic nitrogens is 4. The van der Waals surface area contributed by atoms with E-state index in [1.807, 2.05) is 0 Å². The van der Waals surface area contributed by atoms with E-state index in [1.54, 1.807) is 0 Å². The lowest BCUT2D eigenvalue weighted by atomic mass is 9.93. The van der Waals surface area contributed by atoms with Gasteiger partial charge in [-0.15, -0.1) is 0 Å². The summed E-state index contributed by atoms with van der Waals surface area (Å²) in [4.78, 5) is 0. The van der Waals surface area contributed by atoms with Crippen LogP contribution >= 0.6 is 0 Å². The molecule has 0 radical (unpaired) electrons. The molecule has 0 aliphatic heterocycles. The molecular weight excluding hydrogens is 1350 g/mol. The van der Waals surface area contributed by atoms with Crippen molar-refractivity contribution in [1.82, 2.24) is 18.3 Å². The second-order valence-corrected chi connectivity index (χ2v) is 29.2. The number of hydrogen-bond acceptors (Lipinski definition) is 0. The maximum absolute atomic E-state index is 2.44. The Labute approximate surface area is 649 Å². The molecule has 0 spiro atoms. The maximum atomic E-state index is 2.44. The van der Waals surface area contributed by atoms with Gasteiger partial charge in [0.2, 0.25) is 0 Å². The van der Waals surface area contributed by atoms with Gasteiger partial charge in [-0.1, -0.05) is 291 Å². The Morgan fingerprint density at radius 2 is 0.321 bits per heavy atom. The molecule has 0 N–H and O–H groups in total. The van der Waals surface area contributed by atoms with Crippen LogP contribution in [0.3, 0.4) is 0 Å². The van der Waals surface area contributed by atoms with Crippen LogP contribution in [0, 0.1) is 0 Å². The average Bonchev–Trinajstić information content (AvgIpc) is 1.59. The molecule has 4 aromatic heterocycles. The zero-order valence-electron chi connectivity index (χ0n) is 61.4. The number of para-hydroxylation sites is 6. The van der Waals surface area contributed by atoms with Gasteiger partial charge in [0.15, 0.2) is 0 Å². The van der Waals surface area contributed by atoms with E-state index < -0.39 is 0 Å². The molecule has 4 nitrogen and oxygen atoms in total. The fraction of sp³-hybridized carbons (Fsp3) is 0. The fourth-order valence-electron chi connectivity index (χ4n) is 17.3. The molecule has 112 heavy (non-hydrogen) atoms. The highest BCUT2D eigenvalue weighted by Crippen LogP contribution is 2.44. The van der Waals surface area contributed by atoms with Crippen molar-refractivity contribution in [1.29, 1.82) is 0 Å². The summed E-state index contributed by atoms with van der Waals surface area (Å²) >= 11 is 0. The van der Waals surface area contributed by atoms with Crippen molar-refractivity contribution in [2.45, 2.75) is 0 Å². The Balaban J connectivity index is 0.000000141. The number of hydrogen-bond donors (Lipinski definition) is 0. The van der Waals surface area contributed by atoms with Crippen molar-refractivity contribution >= 4 is 87.2 Å². The third-order valence-electron chi connectivity index (χ3n) is 22.6. The average molecular weight is 1430 g/mol. The Morgan fingerprint density at radius 3 is 0.696 bits per heavy atom. The summed E-state index contributed by atoms with van der Waals surface area (Å²) in [5, 5.41) is 10.0. The fourth-order valence-corrected chi connectivity index (χ4v) is 17.3. The van der Waals surface area contributed by atoms with Crippen LogP contribution in [0.4, 0.5) is 0 Å². The highest BCUT2D eigenvalue weighted by atomic mass is 15.0. The van der Waals surface area contributed by atoms with E-state index in [0.717, 1.165) is 11.4 Å². The summed E-state index contributed by atoms with van der Waals surface area (Å²) in [6.45, 7) is 0. The smallest absolute Gasteiger partial charge is 0.0547 e. The first-order valence-corrected chi connectivity index (χ1v) is 38.5. The molecular formula is C108H72N4. The Kier molecular flexibility index (Phi) is 16.2. The third-order valence-corrected chi connectivity index (χ3v) is 22.6. The molecule has 0 aliphatic carbocycles. The highest BCUT2D eigenvalue weighted by molar-refractivity contribution is 6.15. The van der Waals surface area contributed by atoms with Crippen molar-refractivity contribution in [3.63, 3.8) is 0 Å². The SMILES string of the molecule is c1ccc(-c2cc(-c3ccccc3)cc(-c3ccc(-n4c5ccccc5c5ccc(-c6ccc7c(c6)c6ccccc6n7-c6ccccc6)cc54)cc3)c2)cc1.c1ccc(-c2cc(-c3ccccc3)cc(-c3cccc(-n4c5ccccc5c5ccc(-c6ccc7c(c6)c6ccccc6n7-c6ccccc6)cc54)c3)c2)cc1. The van der Waals surface area contributed by atoms with E-state index in [0.29, 0.717) is 0 Å². The van der Waals surface area contributed by atoms with E-state index in [9.17, 15) is 0 Å². The molecule has 0 atom stereocenters. The van der Waals surface area contributed by atoms with Gasteiger partial charge in [0.1, 0.15) is 0 Å². The number of rotatable bonds is 12. The lowest BCUT2D eigenvalue weighted by molar-refractivity contribution is 1.18. The predicted molar refractivity (Wildman–Crippen MR) is 474 cm³/mol. The molecule has 524 valence electrons. The summed E-state index contributed by atoms with van der Waals surface area (Å²) in [5.74, 6) is 0. The molecule has 0 unspecified atom stereocenters. The first-order chi connectivity index (χ1) is 55.5. The topological polar surface area (TPSA) is 19.7 Å². The van der Waals surface area contributed by atoms with Gasteiger partial charge in [-0.25, -0.2) is 0 Å². The monoisotopic (exact) mass is 1420 g/mol.